The molecule has 2 aliphatic rings. The van der Waals surface area contributed by atoms with Gasteiger partial charge in [0, 0.05) is 43.4 Å². The lowest BCUT2D eigenvalue weighted by molar-refractivity contribution is 0.0746. The molecule has 2 aromatic carbocycles. The zero-order valence-electron chi connectivity index (χ0n) is 16.1. The van der Waals surface area contributed by atoms with Gasteiger partial charge >= 0.3 is 0 Å². The van der Waals surface area contributed by atoms with E-state index in [-0.39, 0.29) is 18.5 Å². The Morgan fingerprint density at radius 3 is 2.47 bits per heavy atom. The molecular formula is C22H19FN4O3. The van der Waals surface area contributed by atoms with E-state index in [0.29, 0.717) is 43.2 Å². The predicted molar refractivity (Wildman–Crippen MR) is 108 cm³/mol. The highest BCUT2D eigenvalue weighted by molar-refractivity contribution is 5.95. The number of carbonyl (C=O) groups excluding carboxylic acids is 1. The summed E-state index contributed by atoms with van der Waals surface area (Å²) in [4.78, 5) is 25.5. The maximum absolute atomic E-state index is 13.2. The first-order valence-corrected chi connectivity index (χ1v) is 9.69. The molecule has 0 saturated carbocycles. The summed E-state index contributed by atoms with van der Waals surface area (Å²) in [6, 6.07) is 13.4. The van der Waals surface area contributed by atoms with Crippen LogP contribution >= 0.6 is 0 Å². The lowest BCUT2D eigenvalue weighted by Crippen LogP contribution is -2.49. The molecule has 0 bridgehead atoms. The van der Waals surface area contributed by atoms with Gasteiger partial charge in [-0.2, -0.15) is 0 Å². The SMILES string of the molecule is O=C(c1ccc2c(c1)OCO2)N1CCN(c2cc(-c3ccc(F)cc3)ncn2)CC1. The van der Waals surface area contributed by atoms with Crippen LogP contribution in [0.2, 0.25) is 0 Å². The van der Waals surface area contributed by atoms with Crippen LogP contribution in [-0.2, 0) is 0 Å². The first kappa shape index (κ1) is 18.4. The number of hydrogen-bond acceptors (Lipinski definition) is 6. The van der Waals surface area contributed by atoms with E-state index in [1.54, 1.807) is 30.3 Å². The number of piperazine rings is 1. The number of hydrogen-bond donors (Lipinski definition) is 0. The van der Waals surface area contributed by atoms with Crippen LogP contribution in [0.5, 0.6) is 11.5 Å². The van der Waals surface area contributed by atoms with Crippen molar-refractivity contribution < 1.29 is 18.7 Å². The fourth-order valence-corrected chi connectivity index (χ4v) is 3.65. The van der Waals surface area contributed by atoms with Gasteiger partial charge in [0.05, 0.1) is 5.69 Å². The molecule has 1 amide bonds. The second-order valence-corrected chi connectivity index (χ2v) is 7.12. The molecule has 0 aliphatic carbocycles. The number of aromatic nitrogens is 2. The van der Waals surface area contributed by atoms with Crippen molar-refractivity contribution in [3.63, 3.8) is 0 Å². The zero-order chi connectivity index (χ0) is 20.5. The predicted octanol–water partition coefficient (Wildman–Crippen LogP) is 2.97. The van der Waals surface area contributed by atoms with Crippen molar-refractivity contribution in [2.24, 2.45) is 0 Å². The van der Waals surface area contributed by atoms with Crippen molar-refractivity contribution in [1.82, 2.24) is 14.9 Å². The minimum absolute atomic E-state index is 0.0253. The largest absolute Gasteiger partial charge is 0.454 e. The smallest absolute Gasteiger partial charge is 0.254 e. The van der Waals surface area contributed by atoms with Crippen LogP contribution in [0.25, 0.3) is 11.3 Å². The van der Waals surface area contributed by atoms with Crippen molar-refractivity contribution in [2.45, 2.75) is 0 Å². The van der Waals surface area contributed by atoms with Crippen LogP contribution in [0.3, 0.4) is 0 Å². The van der Waals surface area contributed by atoms with Gasteiger partial charge in [-0.25, -0.2) is 14.4 Å². The van der Waals surface area contributed by atoms with E-state index in [2.05, 4.69) is 14.9 Å². The molecule has 152 valence electrons. The van der Waals surface area contributed by atoms with E-state index < -0.39 is 0 Å². The summed E-state index contributed by atoms with van der Waals surface area (Å²) in [7, 11) is 0. The number of carbonyl (C=O) groups is 1. The third-order valence-corrected chi connectivity index (χ3v) is 5.30. The molecule has 3 heterocycles. The lowest BCUT2D eigenvalue weighted by atomic mass is 10.1. The topological polar surface area (TPSA) is 67.8 Å². The summed E-state index contributed by atoms with van der Waals surface area (Å²) < 4.78 is 23.9. The van der Waals surface area contributed by atoms with E-state index >= 15 is 0 Å². The van der Waals surface area contributed by atoms with Gasteiger partial charge in [-0.15, -0.1) is 0 Å². The molecule has 2 aliphatic heterocycles. The maximum Gasteiger partial charge on any atom is 0.254 e. The minimum atomic E-state index is -0.281. The van der Waals surface area contributed by atoms with E-state index in [9.17, 15) is 9.18 Å². The van der Waals surface area contributed by atoms with E-state index in [1.165, 1.54) is 18.5 Å². The van der Waals surface area contributed by atoms with Gasteiger partial charge in [0.25, 0.3) is 5.91 Å². The Kier molecular flexibility index (Phi) is 4.66. The third-order valence-electron chi connectivity index (χ3n) is 5.30. The summed E-state index contributed by atoms with van der Waals surface area (Å²) in [5.41, 5.74) is 2.16. The number of halogens is 1. The van der Waals surface area contributed by atoms with Gasteiger partial charge in [0.15, 0.2) is 11.5 Å². The van der Waals surface area contributed by atoms with Crippen molar-refractivity contribution in [3.8, 4) is 22.8 Å². The first-order valence-electron chi connectivity index (χ1n) is 9.69. The van der Waals surface area contributed by atoms with Gasteiger partial charge in [-0.05, 0) is 42.5 Å². The number of benzene rings is 2. The van der Waals surface area contributed by atoms with Gasteiger partial charge < -0.3 is 19.3 Å². The number of fused-ring (bicyclic) bond motifs is 1. The average Bonchev–Trinajstić information content (AvgIpc) is 3.27. The molecule has 8 heteroatoms. The quantitative estimate of drug-likeness (QED) is 0.666. The van der Waals surface area contributed by atoms with Crippen molar-refractivity contribution >= 4 is 11.7 Å². The Morgan fingerprint density at radius 2 is 1.67 bits per heavy atom. The molecule has 3 aromatic rings. The number of anilines is 1. The second kappa shape index (κ2) is 7.62. The normalized spacial score (nSPS) is 15.4. The fourth-order valence-electron chi connectivity index (χ4n) is 3.65. The molecule has 1 aromatic heterocycles. The van der Waals surface area contributed by atoms with Gasteiger partial charge in [0.1, 0.15) is 18.0 Å². The van der Waals surface area contributed by atoms with Crippen molar-refractivity contribution in [2.75, 3.05) is 37.9 Å². The van der Waals surface area contributed by atoms with Gasteiger partial charge in [0.2, 0.25) is 6.79 Å². The maximum atomic E-state index is 13.2. The Bertz CT molecular complexity index is 1080. The summed E-state index contributed by atoms with van der Waals surface area (Å²) in [5, 5.41) is 0. The summed E-state index contributed by atoms with van der Waals surface area (Å²) in [5.74, 6) is 1.75. The van der Waals surface area contributed by atoms with Crippen molar-refractivity contribution in [1.29, 1.82) is 0 Å². The van der Waals surface area contributed by atoms with Crippen LogP contribution in [0.15, 0.2) is 54.9 Å². The van der Waals surface area contributed by atoms with Gasteiger partial charge in [-0.3, -0.25) is 4.79 Å². The van der Waals surface area contributed by atoms with E-state index in [4.69, 9.17) is 9.47 Å². The average molecular weight is 406 g/mol. The Hall–Kier alpha value is -3.68. The zero-order valence-corrected chi connectivity index (χ0v) is 16.1. The molecule has 1 saturated heterocycles. The lowest BCUT2D eigenvalue weighted by Gasteiger charge is -2.35. The third kappa shape index (κ3) is 3.52. The highest BCUT2D eigenvalue weighted by atomic mass is 19.1. The standard InChI is InChI=1S/C22H19FN4O3/c23-17-4-1-15(2-5-17)18-12-21(25-13-24-18)26-7-9-27(10-8-26)22(28)16-3-6-19-20(11-16)30-14-29-19/h1-6,11-13H,7-10,14H2. The highest BCUT2D eigenvalue weighted by Crippen LogP contribution is 2.33. The molecule has 0 unspecified atom stereocenters. The minimum Gasteiger partial charge on any atom is -0.454 e. The van der Waals surface area contributed by atoms with Gasteiger partial charge in [-0.1, -0.05) is 0 Å². The van der Waals surface area contributed by atoms with Crippen molar-refractivity contribution in [3.05, 3.63) is 66.2 Å². The number of amides is 1. The Labute approximate surface area is 172 Å². The second-order valence-electron chi connectivity index (χ2n) is 7.12. The molecule has 30 heavy (non-hydrogen) atoms. The van der Waals surface area contributed by atoms with Crippen LogP contribution in [0.1, 0.15) is 10.4 Å². The summed E-state index contributed by atoms with van der Waals surface area (Å²) >= 11 is 0. The Balaban J connectivity index is 1.26. The summed E-state index contributed by atoms with van der Waals surface area (Å²) in [6.45, 7) is 2.68. The van der Waals surface area contributed by atoms with E-state index in [1.807, 2.05) is 11.0 Å². The molecule has 0 radical (unpaired) electrons. The van der Waals surface area contributed by atoms with Crippen LogP contribution in [-0.4, -0.2) is 53.7 Å². The number of nitrogens with zero attached hydrogens (tertiary/aromatic N) is 4. The molecule has 0 spiro atoms. The van der Waals surface area contributed by atoms with Crippen LogP contribution < -0.4 is 14.4 Å². The van der Waals surface area contributed by atoms with Crippen LogP contribution in [0.4, 0.5) is 10.2 Å². The first-order chi connectivity index (χ1) is 14.7. The van der Waals surface area contributed by atoms with Crippen LogP contribution in [0, 0.1) is 5.82 Å². The molecule has 0 atom stereocenters. The summed E-state index contributed by atoms with van der Waals surface area (Å²) in [6.07, 6.45) is 1.51. The fraction of sp³-hybridized carbons (Fsp3) is 0.227. The molecule has 7 nitrogen and oxygen atoms in total. The highest BCUT2D eigenvalue weighted by Gasteiger charge is 2.25. The monoisotopic (exact) mass is 406 g/mol. The number of rotatable bonds is 3. The number of ether oxygens (including phenoxy) is 2. The van der Waals surface area contributed by atoms with E-state index in [0.717, 1.165) is 17.1 Å². The Morgan fingerprint density at radius 1 is 0.900 bits per heavy atom. The molecule has 1 fully saturated rings. The molecule has 5 rings (SSSR count). The molecular weight excluding hydrogens is 387 g/mol. The molecule has 0 N–H and O–H groups in total.